The Hall–Kier alpha value is -0.991. The zero-order valence-electron chi connectivity index (χ0n) is 11.0. The van der Waals surface area contributed by atoms with Gasteiger partial charge in [-0.1, -0.05) is 0 Å². The molecule has 4 heteroatoms. The van der Waals surface area contributed by atoms with Crippen LogP contribution in [0.4, 0.5) is 4.79 Å². The Bertz CT molecular complexity index is 437. The van der Waals surface area contributed by atoms with Crippen molar-refractivity contribution in [2.75, 3.05) is 6.54 Å². The van der Waals surface area contributed by atoms with Crippen LogP contribution in [0.5, 0.6) is 0 Å². The molecule has 3 rings (SSSR count). The molecule has 2 heterocycles. The van der Waals surface area contributed by atoms with Crippen LogP contribution in [0.15, 0.2) is 30.3 Å². The molecule has 2 aliphatic heterocycles. The van der Waals surface area contributed by atoms with Crippen LogP contribution in [0, 0.1) is 0 Å². The monoisotopic (exact) mass is 325 g/mol. The molecule has 1 aromatic carbocycles. The normalized spacial score (nSPS) is 26.7. The first kappa shape index (κ1) is 13.0. The molecule has 0 bridgehead atoms. The maximum absolute atomic E-state index is 12.0. The van der Waals surface area contributed by atoms with Gasteiger partial charge in [0, 0.05) is 0 Å². The van der Waals surface area contributed by atoms with Crippen molar-refractivity contribution in [1.82, 2.24) is 4.90 Å². The summed E-state index contributed by atoms with van der Waals surface area (Å²) in [5.74, 6) is 0. The number of fused-ring (bicyclic) bond motifs is 1. The third-order valence-corrected chi connectivity index (χ3v) is 6.24. The molecule has 2 fully saturated rings. The minimum atomic E-state index is -0.0789. The fourth-order valence-corrected chi connectivity index (χ4v) is 4.81. The standard InChI is InChI=1S/C15H19NO2Se/c17-15-16-9-5-4-6-12(16)10-13(18-15)11-19-14-7-2-1-3-8-14/h1-3,7-8,12-13H,4-6,9-11H2. The Morgan fingerprint density at radius 3 is 2.95 bits per heavy atom. The molecule has 3 nitrogen and oxygen atoms in total. The van der Waals surface area contributed by atoms with E-state index in [1.54, 1.807) is 0 Å². The SMILES string of the molecule is O=C1OC(C[Se]c2ccccc2)CC2CCCCN12. The van der Waals surface area contributed by atoms with E-state index < -0.39 is 0 Å². The van der Waals surface area contributed by atoms with Crippen molar-refractivity contribution in [3.8, 4) is 0 Å². The third kappa shape index (κ3) is 3.13. The molecular weight excluding hydrogens is 305 g/mol. The van der Waals surface area contributed by atoms with Gasteiger partial charge in [-0.15, -0.1) is 0 Å². The van der Waals surface area contributed by atoms with Gasteiger partial charge in [0.1, 0.15) is 0 Å². The van der Waals surface area contributed by atoms with Gasteiger partial charge in [0.2, 0.25) is 0 Å². The van der Waals surface area contributed by atoms with E-state index in [9.17, 15) is 4.79 Å². The summed E-state index contributed by atoms with van der Waals surface area (Å²) in [6, 6.07) is 11.0. The van der Waals surface area contributed by atoms with Gasteiger partial charge in [0.05, 0.1) is 0 Å². The average Bonchev–Trinajstić information content (AvgIpc) is 2.46. The van der Waals surface area contributed by atoms with Crippen molar-refractivity contribution >= 4 is 25.5 Å². The summed E-state index contributed by atoms with van der Waals surface area (Å²) < 4.78 is 6.97. The van der Waals surface area contributed by atoms with Crippen LogP contribution in [-0.2, 0) is 4.74 Å². The average molecular weight is 324 g/mol. The quantitative estimate of drug-likeness (QED) is 0.798. The predicted octanol–water partition coefficient (Wildman–Crippen LogP) is 2.20. The van der Waals surface area contributed by atoms with Crippen molar-refractivity contribution in [2.45, 2.75) is 43.1 Å². The first-order valence-corrected chi connectivity index (χ1v) is 9.05. The molecule has 102 valence electrons. The van der Waals surface area contributed by atoms with Gasteiger partial charge in [0.15, 0.2) is 0 Å². The molecule has 1 aromatic rings. The van der Waals surface area contributed by atoms with E-state index in [1.165, 1.54) is 10.9 Å². The van der Waals surface area contributed by atoms with Gasteiger partial charge in [-0.05, 0) is 0 Å². The Morgan fingerprint density at radius 1 is 1.26 bits per heavy atom. The fraction of sp³-hybridized carbons (Fsp3) is 0.533. The van der Waals surface area contributed by atoms with Crippen molar-refractivity contribution < 1.29 is 9.53 Å². The molecule has 0 aliphatic carbocycles. The summed E-state index contributed by atoms with van der Waals surface area (Å²) >= 11 is 0.406. The second-order valence-corrected chi connectivity index (χ2v) is 7.50. The van der Waals surface area contributed by atoms with Crippen LogP contribution in [-0.4, -0.2) is 44.6 Å². The van der Waals surface area contributed by atoms with E-state index in [-0.39, 0.29) is 12.2 Å². The van der Waals surface area contributed by atoms with Gasteiger partial charge < -0.3 is 0 Å². The van der Waals surface area contributed by atoms with Gasteiger partial charge in [-0.2, -0.15) is 0 Å². The molecule has 2 aliphatic rings. The third-order valence-electron chi connectivity index (χ3n) is 3.84. The number of ether oxygens (including phenoxy) is 1. The number of amides is 1. The van der Waals surface area contributed by atoms with E-state index in [4.69, 9.17) is 4.74 Å². The van der Waals surface area contributed by atoms with Crippen molar-refractivity contribution in [3.05, 3.63) is 30.3 Å². The van der Waals surface area contributed by atoms with Crippen LogP contribution in [0.3, 0.4) is 0 Å². The Morgan fingerprint density at radius 2 is 2.11 bits per heavy atom. The minimum absolute atomic E-state index is 0.0789. The summed E-state index contributed by atoms with van der Waals surface area (Å²) in [5.41, 5.74) is 0. The first-order valence-electron chi connectivity index (χ1n) is 6.98. The number of rotatable bonds is 3. The van der Waals surface area contributed by atoms with Crippen molar-refractivity contribution in [2.24, 2.45) is 0 Å². The molecule has 0 aromatic heterocycles. The Balaban J connectivity index is 1.56. The Kier molecular flexibility index (Phi) is 4.09. The van der Waals surface area contributed by atoms with Crippen LogP contribution >= 0.6 is 0 Å². The van der Waals surface area contributed by atoms with E-state index in [0.29, 0.717) is 21.0 Å². The molecule has 1 amide bonds. The molecule has 2 atom stereocenters. The molecule has 19 heavy (non-hydrogen) atoms. The zero-order valence-corrected chi connectivity index (χ0v) is 12.7. The number of hydrogen-bond donors (Lipinski definition) is 0. The molecule has 0 saturated carbocycles. The Labute approximate surface area is 120 Å². The number of cyclic esters (lactones) is 1. The van der Waals surface area contributed by atoms with Gasteiger partial charge in [-0.3, -0.25) is 0 Å². The molecular formula is C15H19NO2Se. The number of hydrogen-bond acceptors (Lipinski definition) is 2. The fourth-order valence-electron chi connectivity index (χ4n) is 2.86. The van der Waals surface area contributed by atoms with Gasteiger partial charge >= 0.3 is 120 Å². The van der Waals surface area contributed by atoms with Crippen molar-refractivity contribution in [3.63, 3.8) is 0 Å². The van der Waals surface area contributed by atoms with E-state index >= 15 is 0 Å². The van der Waals surface area contributed by atoms with Crippen LogP contribution in [0.2, 0.25) is 5.32 Å². The number of nitrogens with zero attached hydrogens (tertiary/aromatic N) is 1. The summed E-state index contributed by atoms with van der Waals surface area (Å²) in [5, 5.41) is 1.01. The van der Waals surface area contributed by atoms with Crippen molar-refractivity contribution in [1.29, 1.82) is 0 Å². The molecule has 0 radical (unpaired) electrons. The number of carbonyl (C=O) groups is 1. The van der Waals surface area contributed by atoms with Crippen LogP contribution in [0.25, 0.3) is 0 Å². The molecule has 0 spiro atoms. The summed E-state index contributed by atoms with van der Waals surface area (Å²) in [7, 11) is 0. The zero-order chi connectivity index (χ0) is 13.1. The van der Waals surface area contributed by atoms with Crippen LogP contribution < -0.4 is 4.46 Å². The molecule has 2 unspecified atom stereocenters. The number of carbonyl (C=O) groups excluding carboxylic acids is 1. The predicted molar refractivity (Wildman–Crippen MR) is 75.9 cm³/mol. The summed E-state index contributed by atoms with van der Waals surface area (Å²) in [4.78, 5) is 13.9. The maximum atomic E-state index is 12.0. The van der Waals surface area contributed by atoms with E-state index in [1.807, 2.05) is 11.0 Å². The van der Waals surface area contributed by atoms with Crippen LogP contribution in [0.1, 0.15) is 25.7 Å². The topological polar surface area (TPSA) is 29.5 Å². The molecule has 2 saturated heterocycles. The summed E-state index contributed by atoms with van der Waals surface area (Å²) in [6.07, 6.45) is 4.62. The second kappa shape index (κ2) is 5.98. The van der Waals surface area contributed by atoms with E-state index in [2.05, 4.69) is 24.3 Å². The van der Waals surface area contributed by atoms with E-state index in [0.717, 1.165) is 31.1 Å². The molecule has 0 N–H and O–H groups in total. The second-order valence-electron chi connectivity index (χ2n) is 5.21. The number of benzene rings is 1. The number of piperidine rings is 1. The summed E-state index contributed by atoms with van der Waals surface area (Å²) in [6.45, 7) is 0.889. The first-order chi connectivity index (χ1) is 9.33. The van der Waals surface area contributed by atoms with Gasteiger partial charge in [-0.25, -0.2) is 0 Å². The van der Waals surface area contributed by atoms with Gasteiger partial charge in [0.25, 0.3) is 0 Å².